The van der Waals surface area contributed by atoms with E-state index in [1.165, 1.54) is 0 Å². The van der Waals surface area contributed by atoms with Gasteiger partial charge in [0.1, 0.15) is 0 Å². The van der Waals surface area contributed by atoms with Crippen molar-refractivity contribution < 1.29 is 14.3 Å². The van der Waals surface area contributed by atoms with Gasteiger partial charge < -0.3 is 14.5 Å². The molecule has 3 fully saturated rings. The zero-order chi connectivity index (χ0) is 20.4. The molecular weight excluding hydrogens is 372 g/mol. The average Bonchev–Trinajstić information content (AvgIpc) is 3.13. The predicted octanol–water partition coefficient (Wildman–Crippen LogP) is 0.818. The highest BCUT2D eigenvalue weighted by Crippen LogP contribution is 2.28. The highest BCUT2D eigenvalue weighted by atomic mass is 16.5. The van der Waals surface area contributed by atoms with Gasteiger partial charge >= 0.3 is 0 Å². The van der Waals surface area contributed by atoms with E-state index in [0.717, 1.165) is 31.4 Å². The molecule has 1 unspecified atom stereocenters. The minimum absolute atomic E-state index is 0.0771. The number of likely N-dealkylation sites (tertiary alicyclic amines) is 2. The molecule has 0 aliphatic carbocycles. The molecule has 4 heterocycles. The number of carbonyl (C=O) groups excluding carboxylic acids is 2. The van der Waals surface area contributed by atoms with Crippen molar-refractivity contribution >= 4 is 11.8 Å². The molecule has 0 radical (unpaired) electrons. The van der Waals surface area contributed by atoms with Gasteiger partial charge in [0.15, 0.2) is 0 Å². The Hall–Kier alpha value is -2.22. The lowest BCUT2D eigenvalue weighted by molar-refractivity contribution is -0.137. The van der Waals surface area contributed by atoms with Crippen LogP contribution in [0.2, 0.25) is 0 Å². The number of rotatable bonds is 4. The van der Waals surface area contributed by atoms with Gasteiger partial charge in [0.25, 0.3) is 5.56 Å². The van der Waals surface area contributed by atoms with Gasteiger partial charge in [-0.1, -0.05) is 0 Å². The Morgan fingerprint density at radius 3 is 2.59 bits per heavy atom. The Morgan fingerprint density at radius 2 is 1.86 bits per heavy atom. The van der Waals surface area contributed by atoms with Crippen molar-refractivity contribution in [3.63, 3.8) is 0 Å². The fourth-order valence-electron chi connectivity index (χ4n) is 4.77. The molecule has 0 N–H and O–H groups in total. The van der Waals surface area contributed by atoms with Gasteiger partial charge in [-0.05, 0) is 44.6 Å². The molecule has 8 nitrogen and oxygen atoms in total. The highest BCUT2D eigenvalue weighted by molar-refractivity contribution is 5.89. The average molecular weight is 402 g/mol. The Balaban J connectivity index is 1.29. The SMILES string of the molecule is Cc1ccc(=O)n(CC2CCN(C(=O)C3CC(=O)N(C4CCOCC4)C3)CC2)n1. The molecular formula is C21H30N4O4. The van der Waals surface area contributed by atoms with Crippen LogP contribution in [0.25, 0.3) is 0 Å². The van der Waals surface area contributed by atoms with Crippen molar-refractivity contribution in [1.29, 1.82) is 0 Å². The van der Waals surface area contributed by atoms with Crippen LogP contribution >= 0.6 is 0 Å². The summed E-state index contributed by atoms with van der Waals surface area (Å²) in [5, 5.41) is 4.32. The molecule has 3 saturated heterocycles. The summed E-state index contributed by atoms with van der Waals surface area (Å²) < 4.78 is 6.93. The number of carbonyl (C=O) groups is 2. The first-order valence-electron chi connectivity index (χ1n) is 10.7. The number of aromatic nitrogens is 2. The van der Waals surface area contributed by atoms with Crippen molar-refractivity contribution in [1.82, 2.24) is 19.6 Å². The van der Waals surface area contributed by atoms with Crippen LogP contribution < -0.4 is 5.56 Å². The first-order valence-corrected chi connectivity index (χ1v) is 10.7. The molecule has 3 aliphatic rings. The standard InChI is InChI=1S/C21H30N4O4/c1-15-2-3-19(26)25(22-15)13-16-4-8-23(9-5-16)21(28)17-12-20(27)24(14-17)18-6-10-29-11-7-18/h2-3,16-18H,4-14H2,1H3. The van der Waals surface area contributed by atoms with E-state index in [-0.39, 0.29) is 29.3 Å². The van der Waals surface area contributed by atoms with Gasteiger partial charge in [-0.2, -0.15) is 5.10 Å². The summed E-state index contributed by atoms with van der Waals surface area (Å²) in [5.41, 5.74) is 0.754. The van der Waals surface area contributed by atoms with Gasteiger partial charge in [-0.3, -0.25) is 14.4 Å². The summed E-state index contributed by atoms with van der Waals surface area (Å²) in [6.07, 6.45) is 3.78. The zero-order valence-corrected chi connectivity index (χ0v) is 17.1. The van der Waals surface area contributed by atoms with Crippen LogP contribution in [-0.4, -0.2) is 70.3 Å². The smallest absolute Gasteiger partial charge is 0.266 e. The Morgan fingerprint density at radius 1 is 1.14 bits per heavy atom. The van der Waals surface area contributed by atoms with E-state index < -0.39 is 0 Å². The molecule has 1 atom stereocenters. The molecule has 1 aromatic heterocycles. The Kier molecular flexibility index (Phi) is 5.99. The molecule has 8 heteroatoms. The lowest BCUT2D eigenvalue weighted by Crippen LogP contribution is -2.44. The number of amides is 2. The van der Waals surface area contributed by atoms with Crippen molar-refractivity contribution in [2.75, 3.05) is 32.8 Å². The van der Waals surface area contributed by atoms with Crippen molar-refractivity contribution in [3.8, 4) is 0 Å². The van der Waals surface area contributed by atoms with Crippen LogP contribution in [0.5, 0.6) is 0 Å². The van der Waals surface area contributed by atoms with Gasteiger partial charge in [0.05, 0.1) is 11.6 Å². The van der Waals surface area contributed by atoms with Crippen molar-refractivity contribution in [3.05, 3.63) is 28.2 Å². The van der Waals surface area contributed by atoms with Gasteiger partial charge in [-0.15, -0.1) is 0 Å². The normalized spacial score (nSPS) is 24.3. The van der Waals surface area contributed by atoms with Crippen molar-refractivity contribution in [2.24, 2.45) is 11.8 Å². The predicted molar refractivity (Wildman–Crippen MR) is 106 cm³/mol. The van der Waals surface area contributed by atoms with E-state index in [2.05, 4.69) is 5.10 Å². The second-order valence-corrected chi connectivity index (χ2v) is 8.55. The lowest BCUT2D eigenvalue weighted by atomic mass is 9.95. The highest BCUT2D eigenvalue weighted by Gasteiger charge is 2.40. The van der Waals surface area contributed by atoms with Gasteiger partial charge in [0, 0.05) is 57.9 Å². The van der Waals surface area contributed by atoms with Crippen LogP contribution in [-0.2, 0) is 20.9 Å². The van der Waals surface area contributed by atoms with Crippen LogP contribution in [0.4, 0.5) is 0 Å². The number of aryl methyl sites for hydroxylation is 1. The third kappa shape index (κ3) is 4.52. The summed E-state index contributed by atoms with van der Waals surface area (Å²) in [6.45, 7) is 5.79. The fourth-order valence-corrected chi connectivity index (χ4v) is 4.77. The first kappa shape index (κ1) is 20.1. The lowest BCUT2D eigenvalue weighted by Gasteiger charge is -2.34. The number of hydrogen-bond donors (Lipinski definition) is 0. The molecule has 158 valence electrons. The topological polar surface area (TPSA) is 84.7 Å². The van der Waals surface area contributed by atoms with Crippen LogP contribution in [0.1, 0.15) is 37.8 Å². The molecule has 3 aliphatic heterocycles. The maximum atomic E-state index is 13.0. The first-order chi connectivity index (χ1) is 14.0. The summed E-state index contributed by atoms with van der Waals surface area (Å²) in [4.78, 5) is 41.3. The van der Waals surface area contributed by atoms with Crippen LogP contribution in [0.3, 0.4) is 0 Å². The summed E-state index contributed by atoms with van der Waals surface area (Å²) in [5.74, 6) is 0.338. The largest absolute Gasteiger partial charge is 0.381 e. The molecule has 0 bridgehead atoms. The Labute approximate surface area is 170 Å². The van der Waals surface area contributed by atoms with E-state index in [9.17, 15) is 14.4 Å². The second kappa shape index (κ2) is 8.65. The monoisotopic (exact) mass is 402 g/mol. The summed E-state index contributed by atoms with van der Waals surface area (Å²) in [6, 6.07) is 3.51. The maximum Gasteiger partial charge on any atom is 0.266 e. The van der Waals surface area contributed by atoms with Crippen LogP contribution in [0.15, 0.2) is 16.9 Å². The minimum Gasteiger partial charge on any atom is -0.381 e. The Bertz CT molecular complexity index is 809. The van der Waals surface area contributed by atoms with E-state index in [4.69, 9.17) is 4.74 Å². The fraction of sp³-hybridized carbons (Fsp3) is 0.714. The quantitative estimate of drug-likeness (QED) is 0.744. The molecule has 4 rings (SSSR count). The van der Waals surface area contributed by atoms with Gasteiger partial charge in [-0.25, -0.2) is 4.68 Å². The molecule has 0 aromatic carbocycles. The third-order valence-electron chi connectivity index (χ3n) is 6.50. The molecule has 0 spiro atoms. The third-order valence-corrected chi connectivity index (χ3v) is 6.50. The van der Waals surface area contributed by atoms with E-state index >= 15 is 0 Å². The molecule has 1 aromatic rings. The maximum absolute atomic E-state index is 13.0. The second-order valence-electron chi connectivity index (χ2n) is 8.55. The van der Waals surface area contributed by atoms with E-state index in [1.807, 2.05) is 16.7 Å². The molecule has 29 heavy (non-hydrogen) atoms. The summed E-state index contributed by atoms with van der Waals surface area (Å²) in [7, 11) is 0. The summed E-state index contributed by atoms with van der Waals surface area (Å²) >= 11 is 0. The van der Waals surface area contributed by atoms with E-state index in [1.54, 1.807) is 16.8 Å². The minimum atomic E-state index is -0.219. The number of piperidine rings is 1. The number of nitrogens with zero attached hydrogens (tertiary/aromatic N) is 4. The zero-order valence-electron chi connectivity index (χ0n) is 17.1. The van der Waals surface area contributed by atoms with Gasteiger partial charge in [0.2, 0.25) is 11.8 Å². The molecule has 0 saturated carbocycles. The van der Waals surface area contributed by atoms with E-state index in [0.29, 0.717) is 51.7 Å². The molecule has 2 amide bonds. The number of ether oxygens (including phenoxy) is 1. The van der Waals surface area contributed by atoms with Crippen molar-refractivity contribution in [2.45, 2.75) is 51.6 Å². The van der Waals surface area contributed by atoms with Crippen LogP contribution in [0, 0.1) is 18.8 Å². The number of hydrogen-bond acceptors (Lipinski definition) is 5.